The molecule has 4 heteroatoms. The number of nitrogens with one attached hydrogen (secondary N) is 1. The molecule has 1 aromatic carbocycles. The van der Waals surface area contributed by atoms with E-state index in [9.17, 15) is 4.79 Å². The van der Waals surface area contributed by atoms with Crippen LogP contribution in [0.15, 0.2) is 52.9 Å². The van der Waals surface area contributed by atoms with Crippen LogP contribution < -0.4 is 5.43 Å². The van der Waals surface area contributed by atoms with Crippen LogP contribution in [0.1, 0.15) is 22.8 Å². The van der Waals surface area contributed by atoms with Crippen molar-refractivity contribution < 1.29 is 4.79 Å². The number of carbonyl (C=O) groups is 1. The second kappa shape index (κ2) is 5.36. The summed E-state index contributed by atoms with van der Waals surface area (Å²) in [5.41, 5.74) is 3.86. The third-order valence-electron chi connectivity index (χ3n) is 3.26. The molecule has 0 spiro atoms. The fraction of sp³-hybridized carbons (Fsp3) is 0.200. The molecule has 1 aromatic heterocycles. The summed E-state index contributed by atoms with van der Waals surface area (Å²) >= 11 is 1.60. The number of benzene rings is 1. The third kappa shape index (κ3) is 2.90. The van der Waals surface area contributed by atoms with Gasteiger partial charge in [-0.1, -0.05) is 36.4 Å². The van der Waals surface area contributed by atoms with Crippen molar-refractivity contribution in [1.82, 2.24) is 5.43 Å². The molecule has 0 saturated heterocycles. The van der Waals surface area contributed by atoms with Gasteiger partial charge in [0.1, 0.15) is 0 Å². The molecule has 19 heavy (non-hydrogen) atoms. The highest BCUT2D eigenvalue weighted by atomic mass is 32.1. The average Bonchev–Trinajstić information content (AvgIpc) is 3.09. The van der Waals surface area contributed by atoms with Crippen LogP contribution in [-0.2, 0) is 4.79 Å². The molecular weight excluding hydrogens is 256 g/mol. The van der Waals surface area contributed by atoms with Crippen molar-refractivity contribution in [1.29, 1.82) is 0 Å². The van der Waals surface area contributed by atoms with Crippen LogP contribution >= 0.6 is 11.3 Å². The third-order valence-corrected chi connectivity index (χ3v) is 4.07. The largest absolute Gasteiger partial charge is 0.273 e. The first-order valence-electron chi connectivity index (χ1n) is 6.26. The van der Waals surface area contributed by atoms with Gasteiger partial charge in [-0.15, -0.1) is 11.3 Å². The molecule has 2 atom stereocenters. The maximum absolute atomic E-state index is 11.9. The summed E-state index contributed by atoms with van der Waals surface area (Å²) in [6.45, 7) is 0. The molecular formula is C15H14N2OS. The van der Waals surface area contributed by atoms with Crippen LogP contribution in [0, 0.1) is 5.92 Å². The van der Waals surface area contributed by atoms with Crippen molar-refractivity contribution in [3.8, 4) is 0 Å². The second-order valence-electron chi connectivity index (χ2n) is 4.61. The quantitative estimate of drug-likeness (QED) is 0.673. The van der Waals surface area contributed by atoms with Crippen molar-refractivity contribution in [3.63, 3.8) is 0 Å². The molecule has 0 bridgehead atoms. The molecule has 0 radical (unpaired) electrons. The van der Waals surface area contributed by atoms with E-state index in [1.165, 1.54) is 5.56 Å². The topological polar surface area (TPSA) is 41.5 Å². The smallest absolute Gasteiger partial charge is 0.243 e. The van der Waals surface area contributed by atoms with E-state index in [-0.39, 0.29) is 11.8 Å². The van der Waals surface area contributed by atoms with Gasteiger partial charge in [0, 0.05) is 10.8 Å². The molecule has 1 heterocycles. The number of hydrogen-bond donors (Lipinski definition) is 1. The summed E-state index contributed by atoms with van der Waals surface area (Å²) in [5.74, 6) is 0.447. The van der Waals surface area contributed by atoms with Crippen LogP contribution in [-0.4, -0.2) is 12.1 Å². The minimum atomic E-state index is 0.0154. The Hall–Kier alpha value is -1.94. The number of amides is 1. The highest BCUT2D eigenvalue weighted by Crippen LogP contribution is 2.47. The normalized spacial score (nSPS) is 21.5. The molecule has 3 nitrogen and oxygen atoms in total. The van der Waals surface area contributed by atoms with E-state index in [0.29, 0.717) is 5.92 Å². The molecule has 0 unspecified atom stereocenters. The Balaban J connectivity index is 1.53. The zero-order valence-corrected chi connectivity index (χ0v) is 11.1. The van der Waals surface area contributed by atoms with Gasteiger partial charge in [0.25, 0.3) is 0 Å². The molecule has 0 aliphatic heterocycles. The van der Waals surface area contributed by atoms with Gasteiger partial charge in [0.2, 0.25) is 5.91 Å². The van der Waals surface area contributed by atoms with E-state index >= 15 is 0 Å². The Labute approximate surface area is 116 Å². The van der Waals surface area contributed by atoms with E-state index in [1.54, 1.807) is 17.6 Å². The molecule has 1 aliphatic rings. The number of nitrogens with zero attached hydrogens (tertiary/aromatic N) is 1. The molecule has 1 fully saturated rings. The Bertz CT molecular complexity index is 577. The first kappa shape index (κ1) is 12.1. The van der Waals surface area contributed by atoms with Gasteiger partial charge in [0.15, 0.2) is 0 Å². The van der Waals surface area contributed by atoms with Crippen LogP contribution in [0.3, 0.4) is 0 Å². The zero-order valence-electron chi connectivity index (χ0n) is 10.3. The summed E-state index contributed by atoms with van der Waals surface area (Å²) in [5, 5.41) is 5.97. The molecule has 2 aromatic rings. The highest BCUT2D eigenvalue weighted by Gasteiger charge is 2.43. The highest BCUT2D eigenvalue weighted by molar-refractivity contribution is 7.11. The molecule has 1 saturated carbocycles. The Morgan fingerprint density at radius 2 is 2.11 bits per heavy atom. The lowest BCUT2D eigenvalue weighted by Gasteiger charge is -1.99. The van der Waals surface area contributed by atoms with Crippen molar-refractivity contribution in [2.24, 2.45) is 11.0 Å². The lowest BCUT2D eigenvalue weighted by atomic mass is 10.1. The molecule has 1 aliphatic carbocycles. The van der Waals surface area contributed by atoms with Gasteiger partial charge < -0.3 is 0 Å². The van der Waals surface area contributed by atoms with E-state index < -0.39 is 0 Å². The minimum absolute atomic E-state index is 0.0154. The lowest BCUT2D eigenvalue weighted by molar-refractivity contribution is -0.122. The van der Waals surface area contributed by atoms with Gasteiger partial charge in [-0.3, -0.25) is 4.79 Å². The van der Waals surface area contributed by atoms with Gasteiger partial charge in [-0.25, -0.2) is 5.43 Å². The van der Waals surface area contributed by atoms with Gasteiger partial charge in [-0.2, -0.15) is 5.10 Å². The first-order chi connectivity index (χ1) is 9.34. The minimum Gasteiger partial charge on any atom is -0.273 e. The number of hydrazone groups is 1. The number of rotatable bonds is 4. The Morgan fingerprint density at radius 1 is 1.26 bits per heavy atom. The van der Waals surface area contributed by atoms with Crippen molar-refractivity contribution in [2.75, 3.05) is 0 Å². The standard InChI is InChI=1S/C15H14N2OS/c18-15(17-16-10-12-7-4-8-19-12)14-9-13(14)11-5-2-1-3-6-11/h1-8,10,13-14H,9H2,(H,17,18)/b16-10-/t13-,14-/m1/s1. The summed E-state index contributed by atoms with van der Waals surface area (Å²) in [4.78, 5) is 12.9. The predicted octanol–water partition coefficient (Wildman–Crippen LogP) is 3.00. The van der Waals surface area contributed by atoms with E-state index in [1.807, 2.05) is 35.7 Å². The van der Waals surface area contributed by atoms with Crippen LogP contribution in [0.25, 0.3) is 0 Å². The van der Waals surface area contributed by atoms with Gasteiger partial charge in [-0.05, 0) is 29.3 Å². The van der Waals surface area contributed by atoms with E-state index in [0.717, 1.165) is 11.3 Å². The van der Waals surface area contributed by atoms with Crippen molar-refractivity contribution in [2.45, 2.75) is 12.3 Å². The fourth-order valence-electron chi connectivity index (χ4n) is 2.16. The van der Waals surface area contributed by atoms with Gasteiger partial charge in [0.05, 0.1) is 6.21 Å². The summed E-state index contributed by atoms with van der Waals surface area (Å²) < 4.78 is 0. The maximum atomic E-state index is 11.9. The number of carbonyl (C=O) groups excluding carboxylic acids is 1. The van der Waals surface area contributed by atoms with Crippen LogP contribution in [0.5, 0.6) is 0 Å². The zero-order chi connectivity index (χ0) is 13.1. The predicted molar refractivity (Wildman–Crippen MR) is 77.3 cm³/mol. The summed E-state index contributed by atoms with van der Waals surface area (Å²) in [6, 6.07) is 14.1. The molecule has 1 N–H and O–H groups in total. The Morgan fingerprint density at radius 3 is 2.84 bits per heavy atom. The first-order valence-corrected chi connectivity index (χ1v) is 7.14. The fourth-order valence-corrected chi connectivity index (χ4v) is 2.75. The van der Waals surface area contributed by atoms with Gasteiger partial charge >= 0.3 is 0 Å². The lowest BCUT2D eigenvalue weighted by Crippen LogP contribution is -2.19. The molecule has 3 rings (SSSR count). The Kier molecular flexibility index (Phi) is 3.42. The maximum Gasteiger partial charge on any atom is 0.243 e. The van der Waals surface area contributed by atoms with E-state index in [2.05, 4.69) is 22.7 Å². The summed E-state index contributed by atoms with van der Waals surface area (Å²) in [6.07, 6.45) is 2.60. The van der Waals surface area contributed by atoms with Crippen LogP contribution in [0.4, 0.5) is 0 Å². The number of thiophene rings is 1. The SMILES string of the molecule is O=C(N/N=C\c1cccs1)[C@@H]1C[C@@H]1c1ccccc1. The molecule has 1 amide bonds. The number of hydrogen-bond acceptors (Lipinski definition) is 3. The van der Waals surface area contributed by atoms with Crippen molar-refractivity contribution in [3.05, 3.63) is 58.3 Å². The van der Waals surface area contributed by atoms with Crippen LogP contribution in [0.2, 0.25) is 0 Å². The molecule has 96 valence electrons. The van der Waals surface area contributed by atoms with E-state index in [4.69, 9.17) is 0 Å². The average molecular weight is 270 g/mol. The second-order valence-corrected chi connectivity index (χ2v) is 5.59. The van der Waals surface area contributed by atoms with Crippen molar-refractivity contribution >= 4 is 23.5 Å². The summed E-state index contributed by atoms with van der Waals surface area (Å²) in [7, 11) is 0. The monoisotopic (exact) mass is 270 g/mol.